The fourth-order valence-corrected chi connectivity index (χ4v) is 2.64. The summed E-state index contributed by atoms with van der Waals surface area (Å²) in [6.07, 6.45) is 0.821. The smallest absolute Gasteiger partial charge is 0.325 e. The average Bonchev–Trinajstić information content (AvgIpc) is 2.72. The molecule has 1 aromatic rings. The third-order valence-corrected chi connectivity index (χ3v) is 3.81. The first-order valence-corrected chi connectivity index (χ1v) is 6.12. The molecule has 2 N–H and O–H groups in total. The van der Waals surface area contributed by atoms with E-state index in [1.54, 1.807) is 6.07 Å². The van der Waals surface area contributed by atoms with Crippen molar-refractivity contribution in [2.24, 2.45) is 0 Å². The maximum absolute atomic E-state index is 11.8. The normalized spacial score (nSPS) is 16.1. The first-order chi connectivity index (χ1) is 8.08. The van der Waals surface area contributed by atoms with Crippen molar-refractivity contribution in [3.63, 3.8) is 0 Å². The monoisotopic (exact) mass is 255 g/mol. The maximum atomic E-state index is 11.8. The van der Waals surface area contributed by atoms with E-state index in [4.69, 9.17) is 9.84 Å². The zero-order valence-electron chi connectivity index (χ0n) is 9.36. The van der Waals surface area contributed by atoms with Gasteiger partial charge in [0.15, 0.2) is 0 Å². The van der Waals surface area contributed by atoms with E-state index in [1.807, 2.05) is 0 Å². The van der Waals surface area contributed by atoms with Crippen molar-refractivity contribution in [1.82, 2.24) is 5.32 Å². The van der Waals surface area contributed by atoms with Crippen LogP contribution >= 0.6 is 11.3 Å². The average molecular weight is 255 g/mol. The molecule has 0 aromatic carbocycles. The van der Waals surface area contributed by atoms with Crippen LogP contribution in [0.25, 0.3) is 0 Å². The van der Waals surface area contributed by atoms with Gasteiger partial charge in [-0.15, -0.1) is 11.3 Å². The summed E-state index contributed by atoms with van der Waals surface area (Å²) >= 11 is 1.41. The minimum absolute atomic E-state index is 0.334. The van der Waals surface area contributed by atoms with Crippen molar-refractivity contribution in [2.75, 3.05) is 6.61 Å². The lowest BCUT2D eigenvalue weighted by molar-refractivity contribution is -0.138. The number of carboxylic acids is 1. The fourth-order valence-electron chi connectivity index (χ4n) is 1.59. The highest BCUT2D eigenvalue weighted by Crippen LogP contribution is 2.26. The van der Waals surface area contributed by atoms with E-state index < -0.39 is 12.0 Å². The van der Waals surface area contributed by atoms with Crippen LogP contribution in [0.3, 0.4) is 0 Å². The van der Waals surface area contributed by atoms with Gasteiger partial charge >= 0.3 is 5.97 Å². The molecule has 6 heteroatoms. The van der Waals surface area contributed by atoms with Gasteiger partial charge in [0.25, 0.3) is 5.91 Å². The number of nitrogens with one attached hydrogen (secondary N) is 1. The second kappa shape index (κ2) is 4.85. The van der Waals surface area contributed by atoms with Crippen LogP contribution in [0.2, 0.25) is 0 Å². The molecule has 2 rings (SSSR count). The van der Waals surface area contributed by atoms with Crippen molar-refractivity contribution in [3.8, 4) is 0 Å². The van der Waals surface area contributed by atoms with Crippen LogP contribution in [0, 0.1) is 0 Å². The largest absolute Gasteiger partial charge is 0.480 e. The zero-order valence-corrected chi connectivity index (χ0v) is 10.2. The summed E-state index contributed by atoms with van der Waals surface area (Å²) in [6.45, 7) is 2.66. The standard InChI is InChI=1S/C11H13NO4S/c1-6(11(14)15)12-10(13)9-4-7-5-16-3-2-8(7)17-9/h4,6H,2-3,5H2,1H3,(H,12,13)(H,14,15). The van der Waals surface area contributed by atoms with Gasteiger partial charge in [-0.05, 0) is 18.6 Å². The number of fused-ring (bicyclic) bond motifs is 1. The SMILES string of the molecule is CC(NC(=O)c1cc2c(s1)CCOC2)C(=O)O. The fraction of sp³-hybridized carbons (Fsp3) is 0.455. The van der Waals surface area contributed by atoms with Gasteiger partial charge in [-0.3, -0.25) is 9.59 Å². The molecule has 0 saturated heterocycles. The highest BCUT2D eigenvalue weighted by atomic mass is 32.1. The predicted molar refractivity (Wildman–Crippen MR) is 62.2 cm³/mol. The molecule has 0 spiro atoms. The van der Waals surface area contributed by atoms with E-state index >= 15 is 0 Å². The number of hydrogen-bond donors (Lipinski definition) is 2. The molecule has 1 amide bonds. The Morgan fingerprint density at radius 2 is 2.35 bits per heavy atom. The lowest BCUT2D eigenvalue weighted by atomic mass is 10.2. The predicted octanol–water partition coefficient (Wildman–Crippen LogP) is 1.02. The Morgan fingerprint density at radius 3 is 3.00 bits per heavy atom. The number of rotatable bonds is 3. The van der Waals surface area contributed by atoms with Gasteiger partial charge in [-0.1, -0.05) is 0 Å². The highest BCUT2D eigenvalue weighted by Gasteiger charge is 2.20. The summed E-state index contributed by atoms with van der Waals surface area (Å²) in [5.41, 5.74) is 1.04. The van der Waals surface area contributed by atoms with E-state index in [-0.39, 0.29) is 5.91 Å². The molecule has 1 aromatic heterocycles. The molecular formula is C11H13NO4S. The molecule has 0 bridgehead atoms. The molecule has 0 saturated carbocycles. The van der Waals surface area contributed by atoms with E-state index in [0.29, 0.717) is 18.1 Å². The topological polar surface area (TPSA) is 75.6 Å². The number of aliphatic carboxylic acids is 1. The number of ether oxygens (including phenoxy) is 1. The van der Waals surface area contributed by atoms with Crippen LogP contribution in [0.1, 0.15) is 27.0 Å². The Hall–Kier alpha value is -1.40. The summed E-state index contributed by atoms with van der Waals surface area (Å²) in [5.74, 6) is -1.37. The quantitative estimate of drug-likeness (QED) is 0.845. The molecule has 92 valence electrons. The molecular weight excluding hydrogens is 242 g/mol. The van der Waals surface area contributed by atoms with E-state index in [0.717, 1.165) is 16.9 Å². The molecule has 17 heavy (non-hydrogen) atoms. The second-order valence-corrected chi connectivity index (χ2v) is 5.03. The molecule has 1 aliphatic heterocycles. The Balaban J connectivity index is 2.09. The number of amides is 1. The minimum atomic E-state index is -1.04. The number of thiophene rings is 1. The zero-order chi connectivity index (χ0) is 12.4. The van der Waals surface area contributed by atoms with Gasteiger partial charge in [-0.2, -0.15) is 0 Å². The first-order valence-electron chi connectivity index (χ1n) is 5.31. The molecule has 5 nitrogen and oxygen atoms in total. The van der Waals surface area contributed by atoms with Crippen LogP contribution in [0.4, 0.5) is 0 Å². The minimum Gasteiger partial charge on any atom is -0.480 e. The van der Waals surface area contributed by atoms with Gasteiger partial charge in [0, 0.05) is 11.3 Å². The number of hydrogen-bond acceptors (Lipinski definition) is 4. The van der Waals surface area contributed by atoms with Crippen molar-refractivity contribution >= 4 is 23.2 Å². The van der Waals surface area contributed by atoms with Gasteiger partial charge in [0.1, 0.15) is 6.04 Å². The summed E-state index contributed by atoms with van der Waals surface area (Å²) < 4.78 is 5.29. The third-order valence-electron chi connectivity index (χ3n) is 2.57. The Bertz CT molecular complexity index is 431. The van der Waals surface area contributed by atoms with Crippen LogP contribution < -0.4 is 5.32 Å². The van der Waals surface area contributed by atoms with Crippen LogP contribution in [0.5, 0.6) is 0 Å². The number of carbonyl (C=O) groups excluding carboxylic acids is 1. The van der Waals surface area contributed by atoms with E-state index in [2.05, 4.69) is 5.32 Å². The summed E-state index contributed by atoms with van der Waals surface area (Å²) in [4.78, 5) is 24.1. The molecule has 0 fully saturated rings. The lowest BCUT2D eigenvalue weighted by Crippen LogP contribution is -2.37. The van der Waals surface area contributed by atoms with Gasteiger partial charge < -0.3 is 15.2 Å². The lowest BCUT2D eigenvalue weighted by Gasteiger charge is -2.10. The maximum Gasteiger partial charge on any atom is 0.325 e. The number of carboxylic acid groups (broad SMARTS) is 1. The Kier molecular flexibility index (Phi) is 3.44. The molecule has 0 radical (unpaired) electrons. The first kappa shape index (κ1) is 12.1. The molecule has 2 heterocycles. The van der Waals surface area contributed by atoms with Crippen molar-refractivity contribution in [2.45, 2.75) is 26.0 Å². The molecule has 1 atom stereocenters. The molecule has 0 aliphatic carbocycles. The highest BCUT2D eigenvalue weighted by molar-refractivity contribution is 7.14. The third kappa shape index (κ3) is 2.65. The Morgan fingerprint density at radius 1 is 1.59 bits per heavy atom. The second-order valence-electron chi connectivity index (χ2n) is 3.90. The van der Waals surface area contributed by atoms with Crippen LogP contribution in [-0.4, -0.2) is 29.6 Å². The number of carbonyl (C=O) groups is 2. The molecule has 1 unspecified atom stereocenters. The van der Waals surface area contributed by atoms with Gasteiger partial charge in [0.2, 0.25) is 0 Å². The van der Waals surface area contributed by atoms with Crippen molar-refractivity contribution in [3.05, 3.63) is 21.4 Å². The summed E-state index contributed by atoms with van der Waals surface area (Å²) in [5, 5.41) is 11.1. The van der Waals surface area contributed by atoms with Crippen molar-refractivity contribution in [1.29, 1.82) is 0 Å². The van der Waals surface area contributed by atoms with E-state index in [1.165, 1.54) is 18.3 Å². The van der Waals surface area contributed by atoms with E-state index in [9.17, 15) is 9.59 Å². The van der Waals surface area contributed by atoms with Crippen LogP contribution in [-0.2, 0) is 22.6 Å². The molecule has 1 aliphatic rings. The Labute approximate surface area is 102 Å². The van der Waals surface area contributed by atoms with Crippen LogP contribution in [0.15, 0.2) is 6.07 Å². The van der Waals surface area contributed by atoms with Crippen molar-refractivity contribution < 1.29 is 19.4 Å². The van der Waals surface area contributed by atoms with Gasteiger partial charge in [0.05, 0.1) is 18.1 Å². The summed E-state index contributed by atoms with van der Waals surface area (Å²) in [6, 6.07) is 0.904. The van der Waals surface area contributed by atoms with Gasteiger partial charge in [-0.25, -0.2) is 0 Å². The summed E-state index contributed by atoms with van der Waals surface area (Å²) in [7, 11) is 0.